The molecule has 4 fully saturated rings. The van der Waals surface area contributed by atoms with Crippen LogP contribution in [0.2, 0.25) is 0 Å². The number of hydrogen-bond donors (Lipinski definition) is 2. The molecule has 2 saturated carbocycles. The maximum atomic E-state index is 14.3. The third-order valence-corrected chi connectivity index (χ3v) is 12.3. The van der Waals surface area contributed by atoms with E-state index in [9.17, 15) is 15.0 Å². The normalized spacial score (nSPS) is 30.8. The number of aliphatic hydroxyl groups excluding tert-OH is 2. The van der Waals surface area contributed by atoms with Gasteiger partial charge in [0.05, 0.1) is 24.8 Å². The van der Waals surface area contributed by atoms with Crippen LogP contribution in [-0.4, -0.2) is 109 Å². The van der Waals surface area contributed by atoms with Gasteiger partial charge in [0.1, 0.15) is 24.1 Å². The molecule has 3 aliphatic carbocycles. The number of carbonyl (C=O) groups is 1. The monoisotopic (exact) mass is 749 g/mol. The number of unbranched alkanes of at least 4 members (excludes halogenated alkanes) is 2. The number of amides is 1. The summed E-state index contributed by atoms with van der Waals surface area (Å²) in [5, 5.41) is 24.7. The Bertz CT molecular complexity index is 1490. The van der Waals surface area contributed by atoms with Crippen LogP contribution < -0.4 is 9.47 Å². The molecule has 1 aromatic carbocycles. The third-order valence-electron chi connectivity index (χ3n) is 12.3. The van der Waals surface area contributed by atoms with E-state index in [-0.39, 0.29) is 55.3 Å². The summed E-state index contributed by atoms with van der Waals surface area (Å²) in [5.74, 6) is 0.502. The molecule has 54 heavy (non-hydrogen) atoms. The van der Waals surface area contributed by atoms with Crippen LogP contribution in [0.4, 0.5) is 0 Å². The van der Waals surface area contributed by atoms with Gasteiger partial charge in [0, 0.05) is 69.6 Å². The second kappa shape index (κ2) is 18.3. The fourth-order valence-electron chi connectivity index (χ4n) is 9.47. The largest absolute Gasteiger partial charge is 0.492 e. The fraction of sp³-hybridized carbons (Fsp3) is 0.721. The van der Waals surface area contributed by atoms with Crippen molar-refractivity contribution in [1.82, 2.24) is 9.80 Å². The Balaban J connectivity index is 1.39. The molecule has 11 nitrogen and oxygen atoms in total. The SMILES string of the molecule is C=CCO[C@@]12Oc3ccc(OCCN4CC4)cc3[C@H]3[C@H](CCCCO)[C@@H](CCCCO)C=C(C(=NOC4CCCCO4)C[C@@H]1N(CCC)C(=O)C1CC1)[C@H]32. The molecule has 1 aromatic rings. The fourth-order valence-corrected chi connectivity index (χ4v) is 9.47. The van der Waals surface area contributed by atoms with Gasteiger partial charge in [0.15, 0.2) is 0 Å². The molecule has 2 N–H and O–H groups in total. The van der Waals surface area contributed by atoms with Gasteiger partial charge in [-0.3, -0.25) is 9.69 Å². The summed E-state index contributed by atoms with van der Waals surface area (Å²) in [5.41, 5.74) is 2.96. The van der Waals surface area contributed by atoms with E-state index in [2.05, 4.69) is 30.5 Å². The van der Waals surface area contributed by atoms with E-state index in [4.69, 9.17) is 28.9 Å². The van der Waals surface area contributed by atoms with Crippen molar-refractivity contribution in [3.05, 3.63) is 48.1 Å². The van der Waals surface area contributed by atoms with Crippen molar-refractivity contribution < 1.29 is 38.8 Å². The summed E-state index contributed by atoms with van der Waals surface area (Å²) in [6, 6.07) is 5.75. The van der Waals surface area contributed by atoms with Crippen LogP contribution in [0.25, 0.3) is 0 Å². The van der Waals surface area contributed by atoms with Gasteiger partial charge >= 0.3 is 0 Å². The quantitative estimate of drug-likeness (QED) is 0.0656. The number of nitrogens with zero attached hydrogens (tertiary/aromatic N) is 3. The molecule has 7 rings (SSSR count). The second-order valence-electron chi connectivity index (χ2n) is 16.2. The molecule has 3 heterocycles. The Kier molecular flexibility index (Phi) is 13.3. The molecule has 0 radical (unpaired) electrons. The Morgan fingerprint density at radius 3 is 2.63 bits per heavy atom. The molecule has 6 aliphatic rings. The van der Waals surface area contributed by atoms with Gasteiger partial charge in [0.25, 0.3) is 0 Å². The maximum Gasteiger partial charge on any atom is 0.239 e. The van der Waals surface area contributed by atoms with Crippen LogP contribution >= 0.6 is 0 Å². The minimum atomic E-state index is -1.22. The van der Waals surface area contributed by atoms with Gasteiger partial charge in [-0.25, -0.2) is 0 Å². The first kappa shape index (κ1) is 39.3. The van der Waals surface area contributed by atoms with Gasteiger partial charge in [-0.2, -0.15) is 0 Å². The highest BCUT2D eigenvalue weighted by Crippen LogP contribution is 2.62. The van der Waals surface area contributed by atoms with Crippen LogP contribution in [0.3, 0.4) is 0 Å². The summed E-state index contributed by atoms with van der Waals surface area (Å²) in [4.78, 5) is 25.0. The number of benzene rings is 1. The van der Waals surface area contributed by atoms with Crippen LogP contribution in [0.5, 0.6) is 11.5 Å². The van der Waals surface area contributed by atoms with Gasteiger partial charge in [-0.15, -0.1) is 6.58 Å². The Morgan fingerprint density at radius 2 is 1.93 bits per heavy atom. The molecular weight excluding hydrogens is 686 g/mol. The van der Waals surface area contributed by atoms with E-state index in [1.165, 1.54) is 0 Å². The first-order chi connectivity index (χ1) is 26.5. The van der Waals surface area contributed by atoms with Crippen molar-refractivity contribution in [3.63, 3.8) is 0 Å². The van der Waals surface area contributed by atoms with Gasteiger partial charge in [0.2, 0.25) is 18.0 Å². The molecular formula is C43H63N3O8. The van der Waals surface area contributed by atoms with Crippen LogP contribution in [-0.2, 0) is 19.1 Å². The zero-order valence-corrected chi connectivity index (χ0v) is 32.4. The smallest absolute Gasteiger partial charge is 0.239 e. The summed E-state index contributed by atoms with van der Waals surface area (Å²) in [6.07, 6.45) is 14.6. The molecule has 2 saturated heterocycles. The minimum Gasteiger partial charge on any atom is -0.492 e. The van der Waals surface area contributed by atoms with E-state index in [1.807, 2.05) is 17.0 Å². The minimum absolute atomic E-state index is 0.0176. The van der Waals surface area contributed by atoms with Gasteiger partial charge < -0.3 is 38.9 Å². The molecule has 1 amide bonds. The summed E-state index contributed by atoms with van der Waals surface area (Å²) >= 11 is 0. The summed E-state index contributed by atoms with van der Waals surface area (Å²) in [7, 11) is 0. The molecule has 0 spiro atoms. The van der Waals surface area contributed by atoms with Crippen LogP contribution in [0, 0.1) is 23.7 Å². The predicted molar refractivity (Wildman–Crippen MR) is 206 cm³/mol. The van der Waals surface area contributed by atoms with E-state index >= 15 is 0 Å². The van der Waals surface area contributed by atoms with Crippen LogP contribution in [0.15, 0.2) is 47.7 Å². The van der Waals surface area contributed by atoms with Crippen molar-refractivity contribution in [2.24, 2.45) is 28.8 Å². The number of carbonyl (C=O) groups excluding carboxylic acids is 1. The topological polar surface area (TPSA) is 122 Å². The van der Waals surface area contributed by atoms with Gasteiger partial charge in [-0.05, 0) is 93.4 Å². The number of oxime groups is 1. The Labute approximate surface area is 321 Å². The lowest BCUT2D eigenvalue weighted by Gasteiger charge is -2.60. The average Bonchev–Trinajstić information content (AvgIpc) is 4.13. The number of rotatable bonds is 21. The summed E-state index contributed by atoms with van der Waals surface area (Å²) in [6.45, 7) is 11.7. The lowest BCUT2D eigenvalue weighted by atomic mass is 9.55. The Hall–Kier alpha value is -2.96. The number of allylic oxidation sites excluding steroid dienone is 1. The highest BCUT2D eigenvalue weighted by Gasteiger charge is 2.65. The predicted octanol–water partition coefficient (Wildman–Crippen LogP) is 6.19. The van der Waals surface area contributed by atoms with E-state index in [0.717, 1.165) is 125 Å². The first-order valence-electron chi connectivity index (χ1n) is 21.0. The zero-order chi connectivity index (χ0) is 37.5. The van der Waals surface area contributed by atoms with E-state index in [0.29, 0.717) is 26.2 Å². The molecule has 11 heteroatoms. The van der Waals surface area contributed by atoms with E-state index in [1.54, 1.807) is 6.08 Å². The average molecular weight is 750 g/mol. The highest BCUT2D eigenvalue weighted by molar-refractivity contribution is 6.03. The molecule has 0 bridgehead atoms. The van der Waals surface area contributed by atoms with Crippen molar-refractivity contribution >= 4 is 11.6 Å². The number of hydrogen-bond acceptors (Lipinski definition) is 10. The molecule has 1 unspecified atom stereocenters. The first-order valence-corrected chi connectivity index (χ1v) is 21.0. The summed E-state index contributed by atoms with van der Waals surface area (Å²) < 4.78 is 26.8. The van der Waals surface area contributed by atoms with Crippen molar-refractivity contribution in [2.75, 3.05) is 59.2 Å². The van der Waals surface area contributed by atoms with Crippen molar-refractivity contribution in [3.8, 4) is 11.5 Å². The molecule has 7 atom stereocenters. The number of fused-ring (bicyclic) bond motifs is 2. The molecule has 0 aromatic heterocycles. The second-order valence-corrected chi connectivity index (χ2v) is 16.2. The zero-order valence-electron chi connectivity index (χ0n) is 32.4. The Morgan fingerprint density at radius 1 is 1.11 bits per heavy atom. The van der Waals surface area contributed by atoms with Crippen LogP contribution in [0.1, 0.15) is 102 Å². The standard InChI is InChI=1S/C43H63N3O8/c1-3-18-46(42(49)30-14-15-30)38-29-36(44-54-39-13-7-10-25-51-39)34-27-31(11-5-8-22-47)33(12-6-9-23-48)40-35-28-32(50-26-21-45-19-20-45)16-17-37(35)53-43(38,41(34)40)52-24-4-2/h4,16-17,27-28,30-31,33,38-41,47-48H,2-3,5-15,18-26,29H2,1H3/t31-,33+,38-,39?,40+,41+,43+/m0/s1. The number of aliphatic hydroxyl groups is 2. The lowest BCUT2D eigenvalue weighted by molar-refractivity contribution is -0.258. The van der Waals surface area contributed by atoms with Gasteiger partial charge in [-0.1, -0.05) is 37.1 Å². The van der Waals surface area contributed by atoms with Crippen molar-refractivity contribution in [1.29, 1.82) is 0 Å². The third kappa shape index (κ3) is 8.70. The molecule has 298 valence electrons. The molecule has 3 aliphatic heterocycles. The highest BCUT2D eigenvalue weighted by atomic mass is 16.8. The number of ether oxygens (including phenoxy) is 4. The van der Waals surface area contributed by atoms with Crippen molar-refractivity contribution in [2.45, 2.75) is 114 Å². The maximum absolute atomic E-state index is 14.3. The van der Waals surface area contributed by atoms with E-state index < -0.39 is 18.1 Å². The lowest BCUT2D eigenvalue weighted by Crippen LogP contribution is -2.70.